The van der Waals surface area contributed by atoms with Crippen molar-refractivity contribution in [2.75, 3.05) is 5.32 Å². The van der Waals surface area contributed by atoms with Crippen molar-refractivity contribution in [3.8, 4) is 11.4 Å². The number of hydrogen-bond donors (Lipinski definition) is 4. The molecule has 1 aliphatic rings. The van der Waals surface area contributed by atoms with Crippen molar-refractivity contribution in [3.05, 3.63) is 35.5 Å². The molecule has 3 heterocycles. The summed E-state index contributed by atoms with van der Waals surface area (Å²) >= 11 is 6.06. The minimum Gasteiger partial charge on any atom is -0.370 e. The number of hydrogen-bond acceptors (Lipinski definition) is 6. The molecule has 1 saturated carbocycles. The van der Waals surface area contributed by atoms with E-state index >= 15 is 0 Å². The Kier molecular flexibility index (Phi) is 6.50. The second kappa shape index (κ2) is 9.47. The molecule has 0 bridgehead atoms. The summed E-state index contributed by atoms with van der Waals surface area (Å²) in [6.07, 6.45) is 7.59. The number of rotatable bonds is 7. The molecule has 0 spiro atoms. The fraction of sp³-hybridized carbons (Fsp3) is 0.381. The van der Waals surface area contributed by atoms with Crippen LogP contribution in [0.25, 0.3) is 22.4 Å². The van der Waals surface area contributed by atoms with Crippen LogP contribution in [0.3, 0.4) is 0 Å². The van der Waals surface area contributed by atoms with Gasteiger partial charge in [-0.05, 0) is 31.7 Å². The first-order valence-corrected chi connectivity index (χ1v) is 10.8. The van der Waals surface area contributed by atoms with Gasteiger partial charge in [0, 0.05) is 48.3 Å². The molecule has 4 rings (SSSR count). The SMILES string of the molecule is NC(=O)CCC(=O)NC1CCCC(Nc2nc(-c3c[nH]c4ncc(Cl)cc34)ncc2F)C1. The maximum Gasteiger partial charge on any atom is 0.220 e. The van der Waals surface area contributed by atoms with Crippen LogP contribution in [0.5, 0.6) is 0 Å². The number of carbonyl (C=O) groups excluding carboxylic acids is 2. The Labute approximate surface area is 188 Å². The summed E-state index contributed by atoms with van der Waals surface area (Å²) in [6.45, 7) is 0. The summed E-state index contributed by atoms with van der Waals surface area (Å²) in [5, 5.41) is 7.31. The Bertz CT molecular complexity index is 1150. The van der Waals surface area contributed by atoms with Crippen molar-refractivity contribution in [2.24, 2.45) is 5.73 Å². The number of nitrogens with one attached hydrogen (secondary N) is 3. The van der Waals surface area contributed by atoms with Gasteiger partial charge in [-0.3, -0.25) is 9.59 Å². The Balaban J connectivity index is 1.46. The van der Waals surface area contributed by atoms with Crippen molar-refractivity contribution in [3.63, 3.8) is 0 Å². The third kappa shape index (κ3) is 5.13. The molecule has 9 nitrogen and oxygen atoms in total. The van der Waals surface area contributed by atoms with Crippen molar-refractivity contribution in [2.45, 2.75) is 50.6 Å². The van der Waals surface area contributed by atoms with E-state index < -0.39 is 11.7 Å². The summed E-state index contributed by atoms with van der Waals surface area (Å²) in [5.41, 5.74) is 6.39. The first-order valence-electron chi connectivity index (χ1n) is 10.4. The molecule has 3 aromatic rings. The van der Waals surface area contributed by atoms with Gasteiger partial charge in [-0.25, -0.2) is 19.3 Å². The van der Waals surface area contributed by atoms with Crippen LogP contribution in [0.4, 0.5) is 10.2 Å². The molecule has 168 valence electrons. The van der Waals surface area contributed by atoms with Crippen LogP contribution >= 0.6 is 11.6 Å². The summed E-state index contributed by atoms with van der Waals surface area (Å²) in [5.74, 6) is -0.832. The first-order chi connectivity index (χ1) is 15.4. The van der Waals surface area contributed by atoms with Gasteiger partial charge in [0.2, 0.25) is 11.8 Å². The van der Waals surface area contributed by atoms with Crippen LogP contribution in [-0.2, 0) is 9.59 Å². The van der Waals surface area contributed by atoms with E-state index in [4.69, 9.17) is 17.3 Å². The van der Waals surface area contributed by atoms with E-state index in [2.05, 4.69) is 30.6 Å². The van der Waals surface area contributed by atoms with Crippen molar-refractivity contribution >= 4 is 40.3 Å². The summed E-state index contributed by atoms with van der Waals surface area (Å²) in [4.78, 5) is 38.7. The average molecular weight is 460 g/mol. The van der Waals surface area contributed by atoms with Gasteiger partial charge in [0.05, 0.1) is 11.2 Å². The molecule has 32 heavy (non-hydrogen) atoms. The lowest BCUT2D eigenvalue weighted by Gasteiger charge is -2.30. The molecular formula is C21H23ClFN7O2. The van der Waals surface area contributed by atoms with Gasteiger partial charge in [0.25, 0.3) is 0 Å². The third-order valence-electron chi connectivity index (χ3n) is 5.46. The monoisotopic (exact) mass is 459 g/mol. The van der Waals surface area contributed by atoms with E-state index in [-0.39, 0.29) is 36.7 Å². The standard InChI is InChI=1S/C21H23ClFN7O2/c22-11-6-14-15(9-26-19(14)25-8-11)20-27-10-16(23)21(30-20)29-13-3-1-2-12(7-13)28-18(32)5-4-17(24)31/h6,8-10,12-13H,1-5,7H2,(H2,24,31)(H,25,26)(H,28,32)(H,27,29,30). The van der Waals surface area contributed by atoms with Crippen molar-refractivity contribution in [1.82, 2.24) is 25.3 Å². The predicted octanol–water partition coefficient (Wildman–Crippen LogP) is 2.92. The smallest absolute Gasteiger partial charge is 0.220 e. The van der Waals surface area contributed by atoms with E-state index in [1.54, 1.807) is 12.3 Å². The Morgan fingerprint density at radius 3 is 2.84 bits per heavy atom. The Morgan fingerprint density at radius 2 is 2.03 bits per heavy atom. The molecular weight excluding hydrogens is 437 g/mol. The second-order valence-electron chi connectivity index (χ2n) is 7.88. The van der Waals surface area contributed by atoms with Crippen LogP contribution in [0.2, 0.25) is 5.02 Å². The molecule has 2 atom stereocenters. The van der Waals surface area contributed by atoms with E-state index in [1.807, 2.05) is 0 Å². The molecule has 1 aliphatic carbocycles. The van der Waals surface area contributed by atoms with Gasteiger partial charge in [-0.2, -0.15) is 0 Å². The van der Waals surface area contributed by atoms with E-state index in [1.165, 1.54) is 6.20 Å². The van der Waals surface area contributed by atoms with Gasteiger partial charge in [0.15, 0.2) is 17.5 Å². The van der Waals surface area contributed by atoms with Gasteiger partial charge < -0.3 is 21.4 Å². The third-order valence-corrected chi connectivity index (χ3v) is 5.67. The highest BCUT2D eigenvalue weighted by atomic mass is 35.5. The van der Waals surface area contributed by atoms with Crippen LogP contribution < -0.4 is 16.4 Å². The van der Waals surface area contributed by atoms with Gasteiger partial charge in [-0.1, -0.05) is 11.6 Å². The average Bonchev–Trinajstić information content (AvgIpc) is 3.17. The fourth-order valence-corrected chi connectivity index (χ4v) is 4.10. The number of fused-ring (bicyclic) bond motifs is 1. The normalized spacial score (nSPS) is 18.4. The number of aromatic nitrogens is 4. The minimum absolute atomic E-state index is 0.0176. The lowest BCUT2D eigenvalue weighted by molar-refractivity contribution is -0.125. The van der Waals surface area contributed by atoms with Crippen LogP contribution in [0.1, 0.15) is 38.5 Å². The highest BCUT2D eigenvalue weighted by molar-refractivity contribution is 6.31. The molecule has 0 saturated heterocycles. The number of halogens is 2. The largest absolute Gasteiger partial charge is 0.370 e. The topological polar surface area (TPSA) is 139 Å². The van der Waals surface area contributed by atoms with Gasteiger partial charge >= 0.3 is 0 Å². The summed E-state index contributed by atoms with van der Waals surface area (Å²) < 4.78 is 14.5. The van der Waals surface area contributed by atoms with E-state index in [9.17, 15) is 14.0 Å². The van der Waals surface area contributed by atoms with Crippen LogP contribution in [0, 0.1) is 5.82 Å². The number of pyridine rings is 1. The number of H-pyrrole nitrogens is 1. The molecule has 0 aliphatic heterocycles. The number of anilines is 1. The zero-order chi connectivity index (χ0) is 22.7. The highest BCUT2D eigenvalue weighted by Gasteiger charge is 2.25. The lowest BCUT2D eigenvalue weighted by atomic mass is 9.91. The second-order valence-corrected chi connectivity index (χ2v) is 8.32. The molecule has 1 fully saturated rings. The number of nitrogens with two attached hydrogens (primary N) is 1. The van der Waals surface area contributed by atoms with E-state index in [0.29, 0.717) is 28.5 Å². The quantitative estimate of drug-likeness (QED) is 0.428. The predicted molar refractivity (Wildman–Crippen MR) is 118 cm³/mol. The molecule has 2 unspecified atom stereocenters. The molecule has 3 aromatic heterocycles. The number of amides is 2. The van der Waals surface area contributed by atoms with Crippen LogP contribution in [-0.4, -0.2) is 43.8 Å². The van der Waals surface area contributed by atoms with Gasteiger partial charge in [-0.15, -0.1) is 0 Å². The maximum atomic E-state index is 14.5. The number of nitrogens with zero attached hydrogens (tertiary/aromatic N) is 3. The van der Waals surface area contributed by atoms with Crippen molar-refractivity contribution in [1.29, 1.82) is 0 Å². The summed E-state index contributed by atoms with van der Waals surface area (Å²) in [6, 6.07) is 1.62. The Hall–Kier alpha value is -3.27. The van der Waals surface area contributed by atoms with Crippen LogP contribution in [0.15, 0.2) is 24.7 Å². The number of carbonyl (C=O) groups is 2. The first kappa shape index (κ1) is 21.9. The fourth-order valence-electron chi connectivity index (χ4n) is 3.94. The van der Waals surface area contributed by atoms with Gasteiger partial charge in [0.1, 0.15) is 5.65 Å². The molecule has 0 radical (unpaired) electrons. The van der Waals surface area contributed by atoms with Crippen molar-refractivity contribution < 1.29 is 14.0 Å². The zero-order valence-electron chi connectivity index (χ0n) is 17.2. The minimum atomic E-state index is -0.558. The number of aromatic amines is 1. The molecule has 2 amide bonds. The molecule has 11 heteroatoms. The lowest BCUT2D eigenvalue weighted by Crippen LogP contribution is -2.42. The van der Waals surface area contributed by atoms with E-state index in [0.717, 1.165) is 30.8 Å². The maximum absolute atomic E-state index is 14.5. The number of primary amides is 1. The zero-order valence-corrected chi connectivity index (χ0v) is 18.0. The Morgan fingerprint density at radius 1 is 1.22 bits per heavy atom. The highest BCUT2D eigenvalue weighted by Crippen LogP contribution is 2.29. The molecule has 5 N–H and O–H groups in total. The molecule has 0 aromatic carbocycles. The summed E-state index contributed by atoms with van der Waals surface area (Å²) in [7, 11) is 0.